The first kappa shape index (κ1) is 31.5. The molecule has 276 valence electrons. The van der Waals surface area contributed by atoms with Crippen LogP contribution in [0.15, 0.2) is 59.7 Å². The second-order valence-electron chi connectivity index (χ2n) is 17.6. The number of benzene rings is 2. The van der Waals surface area contributed by atoms with Crippen LogP contribution in [0.1, 0.15) is 56.2 Å². The predicted octanol–water partition coefficient (Wildman–Crippen LogP) is 4.30. The van der Waals surface area contributed by atoms with Crippen LogP contribution < -0.4 is 14.5 Å². The molecule has 6 bridgehead atoms. The van der Waals surface area contributed by atoms with Crippen LogP contribution in [0, 0.1) is 17.3 Å². The van der Waals surface area contributed by atoms with E-state index in [4.69, 9.17) is 18.9 Å². The summed E-state index contributed by atoms with van der Waals surface area (Å²) >= 11 is 0. The predicted molar refractivity (Wildman–Crippen MR) is 197 cm³/mol. The molecular weight excluding hydrogens is 668 g/mol. The molecule has 10 aliphatic rings. The van der Waals surface area contributed by atoms with Crippen molar-refractivity contribution in [2.24, 2.45) is 17.3 Å². The Hall–Kier alpha value is -3.86. The molecule has 0 amide bonds. The molecular formula is C43H48N4O6. The van der Waals surface area contributed by atoms with E-state index in [1.165, 1.54) is 34.9 Å². The van der Waals surface area contributed by atoms with Gasteiger partial charge >= 0.3 is 11.9 Å². The first-order valence-electron chi connectivity index (χ1n) is 19.8. The fraction of sp³-hybridized carbons (Fsp3) is 0.581. The summed E-state index contributed by atoms with van der Waals surface area (Å²) in [5.74, 6) is 0.625. The van der Waals surface area contributed by atoms with E-state index in [1.54, 1.807) is 7.11 Å². The van der Waals surface area contributed by atoms with Crippen molar-refractivity contribution < 1.29 is 28.5 Å². The van der Waals surface area contributed by atoms with Crippen molar-refractivity contribution in [3.05, 3.63) is 76.4 Å². The van der Waals surface area contributed by atoms with Gasteiger partial charge in [-0.25, -0.2) is 4.79 Å². The molecule has 0 aromatic heterocycles. The van der Waals surface area contributed by atoms with E-state index in [0.29, 0.717) is 6.61 Å². The van der Waals surface area contributed by atoms with Gasteiger partial charge in [0.2, 0.25) is 5.72 Å². The van der Waals surface area contributed by atoms with E-state index in [1.807, 2.05) is 0 Å². The van der Waals surface area contributed by atoms with Gasteiger partial charge in [-0.05, 0) is 81.3 Å². The summed E-state index contributed by atoms with van der Waals surface area (Å²) in [4.78, 5) is 38.7. The lowest BCUT2D eigenvalue weighted by molar-refractivity contribution is -0.170. The molecule has 10 nitrogen and oxygen atoms in total. The topological polar surface area (TPSA) is 84.0 Å². The molecule has 53 heavy (non-hydrogen) atoms. The minimum atomic E-state index is -0.826. The molecule has 9 heterocycles. The van der Waals surface area contributed by atoms with Crippen molar-refractivity contribution in [3.8, 4) is 5.75 Å². The van der Waals surface area contributed by atoms with Gasteiger partial charge in [-0.1, -0.05) is 41.5 Å². The van der Waals surface area contributed by atoms with Gasteiger partial charge in [0.15, 0.2) is 5.72 Å². The summed E-state index contributed by atoms with van der Waals surface area (Å²) in [6, 6.07) is 13.1. The van der Waals surface area contributed by atoms with E-state index in [0.717, 1.165) is 75.4 Å². The minimum Gasteiger partial charge on any atom is -0.468 e. The molecule has 2 aromatic carbocycles. The second-order valence-corrected chi connectivity index (χ2v) is 17.6. The average Bonchev–Trinajstić information content (AvgIpc) is 3.78. The zero-order valence-electron chi connectivity index (χ0n) is 31.3. The molecule has 6 saturated heterocycles. The number of methoxy groups -OCH3 is 2. The highest BCUT2D eigenvalue weighted by Crippen LogP contribution is 2.80. The summed E-state index contributed by atoms with van der Waals surface area (Å²) in [7, 11) is 5.26. The summed E-state index contributed by atoms with van der Waals surface area (Å²) < 4.78 is 26.4. The van der Waals surface area contributed by atoms with Gasteiger partial charge in [0.25, 0.3) is 0 Å². The summed E-state index contributed by atoms with van der Waals surface area (Å²) in [6.07, 6.45) is 8.85. The molecule has 12 rings (SSSR count). The van der Waals surface area contributed by atoms with Crippen LogP contribution >= 0.6 is 0 Å². The van der Waals surface area contributed by atoms with Crippen LogP contribution in [0.4, 0.5) is 11.4 Å². The summed E-state index contributed by atoms with van der Waals surface area (Å²) in [5.41, 5.74) is 5.29. The van der Waals surface area contributed by atoms with Gasteiger partial charge in [0, 0.05) is 56.0 Å². The van der Waals surface area contributed by atoms with Gasteiger partial charge in [0.05, 0.1) is 43.7 Å². The fourth-order valence-corrected chi connectivity index (χ4v) is 15.2. The Bertz CT molecular complexity index is 2130. The molecule has 0 unspecified atom stereocenters. The zero-order chi connectivity index (χ0) is 36.0. The quantitative estimate of drug-likeness (QED) is 0.332. The highest BCUT2D eigenvalue weighted by atomic mass is 16.6. The number of fused-ring (bicyclic) bond motifs is 6. The van der Waals surface area contributed by atoms with Gasteiger partial charge in [0.1, 0.15) is 17.2 Å². The molecule has 10 heteroatoms. The van der Waals surface area contributed by atoms with Gasteiger partial charge < -0.3 is 28.7 Å². The van der Waals surface area contributed by atoms with Crippen LogP contribution in [-0.4, -0.2) is 105 Å². The Morgan fingerprint density at radius 3 is 2.53 bits per heavy atom. The van der Waals surface area contributed by atoms with Gasteiger partial charge in [-0.2, -0.15) is 0 Å². The van der Waals surface area contributed by atoms with E-state index in [2.05, 4.69) is 89.0 Å². The smallest absolute Gasteiger partial charge is 0.329 e. The number of anilines is 2. The van der Waals surface area contributed by atoms with Crippen LogP contribution in [0.5, 0.6) is 5.75 Å². The number of rotatable bonds is 2. The standard InChI is InChI=1S/C43H48N4O6/c1-6-24-12-15-45-17-14-41-29-18-26-21-39-13-16-46-22-25(7-2)27-19-33(46)42(39,47(35(27)37(48)50-4)30-11-9-8-10-28(30)39)53-32(26)20-31(29)44(3)43(41)36(45)34(24)40(41,23-52-43)38(49)51-5/h6-11,18,20,27,33-36H,12-17,19,21-23H2,1-5H3/b24-6-,25-7-/t27-,33-,34-,35-,36-,39-,40+,41-,42-,43+/m0/s1. The molecule has 1 saturated carbocycles. The molecule has 1 aliphatic carbocycles. The number of carbonyl (C=O) groups is 2. The third-order valence-electron chi connectivity index (χ3n) is 16.8. The normalized spacial score (nSPS) is 44.6. The number of piperidine rings is 5. The lowest BCUT2D eigenvalue weighted by Gasteiger charge is -2.68. The lowest BCUT2D eigenvalue weighted by atomic mass is 9.56. The highest BCUT2D eigenvalue weighted by Gasteiger charge is 2.91. The maximum absolute atomic E-state index is 14.6. The fourth-order valence-electron chi connectivity index (χ4n) is 15.2. The van der Waals surface area contributed by atoms with Crippen LogP contribution in [-0.2, 0) is 41.1 Å². The van der Waals surface area contributed by atoms with Crippen LogP contribution in [0.25, 0.3) is 0 Å². The number of nitrogens with zero attached hydrogens (tertiary/aromatic N) is 4. The summed E-state index contributed by atoms with van der Waals surface area (Å²) in [5, 5.41) is 0. The number of allylic oxidation sites excluding steroid dienone is 2. The molecule has 2 aromatic rings. The SMILES string of the molecule is C/C=C1/CCN2CC[C@@]34c5cc6c(cc5N(C)[C@]35OC[C@]4(C(=O)OC)[C@@H]1[C@H]25)O[C@@]12[C@@H]3C[C@H]4/C(=C\C)CN3CC[C@]1(C6)c1ccccc1N2[C@@H]4C(=O)OC. The van der Waals surface area contributed by atoms with Crippen molar-refractivity contribution in [2.45, 2.75) is 86.4 Å². The second kappa shape index (κ2) is 9.68. The van der Waals surface area contributed by atoms with Crippen molar-refractivity contribution in [1.82, 2.24) is 9.80 Å². The Morgan fingerprint density at radius 1 is 0.925 bits per heavy atom. The third kappa shape index (κ3) is 2.90. The maximum atomic E-state index is 14.6. The number of ether oxygens (including phenoxy) is 4. The van der Waals surface area contributed by atoms with Crippen molar-refractivity contribution in [1.29, 1.82) is 0 Å². The number of para-hydroxylation sites is 1. The summed E-state index contributed by atoms with van der Waals surface area (Å²) in [6.45, 7) is 8.31. The number of esters is 2. The maximum Gasteiger partial charge on any atom is 0.329 e. The Labute approximate surface area is 310 Å². The Morgan fingerprint density at radius 2 is 1.74 bits per heavy atom. The van der Waals surface area contributed by atoms with Crippen molar-refractivity contribution in [3.63, 3.8) is 0 Å². The van der Waals surface area contributed by atoms with Crippen LogP contribution in [0.2, 0.25) is 0 Å². The number of hydrogen-bond donors (Lipinski definition) is 0. The lowest BCUT2D eigenvalue weighted by Crippen LogP contribution is -2.83. The zero-order valence-corrected chi connectivity index (χ0v) is 31.3. The Balaban J connectivity index is 1.10. The van der Waals surface area contributed by atoms with Crippen molar-refractivity contribution in [2.75, 3.05) is 63.9 Å². The van der Waals surface area contributed by atoms with Gasteiger partial charge in [-0.3, -0.25) is 14.6 Å². The molecule has 0 radical (unpaired) electrons. The van der Waals surface area contributed by atoms with E-state index in [9.17, 15) is 9.59 Å². The largest absolute Gasteiger partial charge is 0.468 e. The highest BCUT2D eigenvalue weighted by molar-refractivity contribution is 5.89. The third-order valence-corrected chi connectivity index (χ3v) is 16.8. The van der Waals surface area contributed by atoms with E-state index >= 15 is 0 Å². The number of likely N-dealkylation sites (N-methyl/N-ethyl adjacent to an activating group) is 1. The Kier molecular flexibility index (Phi) is 5.75. The monoisotopic (exact) mass is 716 g/mol. The molecule has 10 atom stereocenters. The molecule has 0 N–H and O–H groups in total. The molecule has 7 fully saturated rings. The van der Waals surface area contributed by atoms with Gasteiger partial charge in [-0.15, -0.1) is 0 Å². The minimum absolute atomic E-state index is 0.0353. The number of carbonyl (C=O) groups excluding carboxylic acids is 2. The molecule has 9 aliphatic heterocycles. The van der Waals surface area contributed by atoms with E-state index in [-0.39, 0.29) is 41.3 Å². The van der Waals surface area contributed by atoms with E-state index < -0.39 is 28.3 Å². The number of hydrogen-bond acceptors (Lipinski definition) is 10. The van der Waals surface area contributed by atoms with Crippen molar-refractivity contribution >= 4 is 23.3 Å². The average molecular weight is 717 g/mol. The first-order valence-corrected chi connectivity index (χ1v) is 19.8. The molecule has 1 spiro atoms. The van der Waals surface area contributed by atoms with Crippen LogP contribution in [0.3, 0.4) is 0 Å². The first-order chi connectivity index (χ1) is 25.7.